The zero-order valence-electron chi connectivity index (χ0n) is 17.1. The molecule has 1 aliphatic heterocycles. The summed E-state index contributed by atoms with van der Waals surface area (Å²) in [6.07, 6.45) is 2.17. The summed E-state index contributed by atoms with van der Waals surface area (Å²) in [6.45, 7) is 7.48. The first-order valence-corrected chi connectivity index (χ1v) is 10.2. The van der Waals surface area contributed by atoms with Gasteiger partial charge in [0.2, 0.25) is 11.8 Å². The molecule has 1 fully saturated rings. The van der Waals surface area contributed by atoms with Crippen molar-refractivity contribution in [2.75, 3.05) is 18.4 Å². The van der Waals surface area contributed by atoms with Crippen LogP contribution >= 0.6 is 0 Å². The Morgan fingerprint density at radius 1 is 1.14 bits per heavy atom. The number of likely N-dealkylation sites (tertiary alicyclic amines) is 1. The van der Waals surface area contributed by atoms with E-state index in [4.69, 9.17) is 0 Å². The third-order valence-corrected chi connectivity index (χ3v) is 5.50. The van der Waals surface area contributed by atoms with Gasteiger partial charge in [-0.3, -0.25) is 9.59 Å². The minimum Gasteiger partial charge on any atom is -0.342 e. The molecular formula is C24H30N2O2. The molecule has 2 amide bonds. The quantitative estimate of drug-likeness (QED) is 0.769. The number of hydrogen-bond donors (Lipinski definition) is 1. The Kier molecular flexibility index (Phi) is 6.50. The lowest BCUT2D eigenvalue weighted by atomic mass is 9.97. The Balaban J connectivity index is 1.57. The third kappa shape index (κ3) is 4.80. The number of para-hydroxylation sites is 1. The van der Waals surface area contributed by atoms with E-state index < -0.39 is 0 Å². The second-order valence-corrected chi connectivity index (χ2v) is 8.01. The van der Waals surface area contributed by atoms with Crippen molar-refractivity contribution in [3.05, 3.63) is 65.2 Å². The van der Waals surface area contributed by atoms with E-state index in [1.54, 1.807) is 0 Å². The minimum absolute atomic E-state index is 0.0462. The maximum atomic E-state index is 12.8. The Hall–Kier alpha value is -2.62. The molecule has 148 valence electrons. The second kappa shape index (κ2) is 9.05. The first-order chi connectivity index (χ1) is 13.5. The van der Waals surface area contributed by atoms with Crippen LogP contribution in [-0.2, 0) is 16.0 Å². The molecule has 0 spiro atoms. The van der Waals surface area contributed by atoms with Crippen LogP contribution in [0.3, 0.4) is 0 Å². The lowest BCUT2D eigenvalue weighted by Gasteiger charge is -2.19. The molecule has 1 atom stereocenters. The first-order valence-electron chi connectivity index (χ1n) is 10.2. The fourth-order valence-electron chi connectivity index (χ4n) is 3.85. The van der Waals surface area contributed by atoms with Crippen molar-refractivity contribution in [3.63, 3.8) is 0 Å². The van der Waals surface area contributed by atoms with Crippen LogP contribution in [0.4, 0.5) is 5.69 Å². The molecule has 1 N–H and O–H groups in total. The number of aryl methyl sites for hydroxylation is 2. The van der Waals surface area contributed by atoms with Crippen LogP contribution in [0.5, 0.6) is 0 Å². The van der Waals surface area contributed by atoms with E-state index in [0.717, 1.165) is 29.7 Å². The summed E-state index contributed by atoms with van der Waals surface area (Å²) < 4.78 is 0. The van der Waals surface area contributed by atoms with E-state index in [1.807, 2.05) is 42.2 Å². The highest BCUT2D eigenvalue weighted by atomic mass is 16.2. The van der Waals surface area contributed by atoms with Crippen LogP contribution in [0.15, 0.2) is 48.5 Å². The number of amides is 2. The van der Waals surface area contributed by atoms with Crippen LogP contribution in [0, 0.1) is 12.8 Å². The molecule has 0 radical (unpaired) electrons. The Morgan fingerprint density at radius 3 is 2.61 bits per heavy atom. The molecule has 28 heavy (non-hydrogen) atoms. The van der Waals surface area contributed by atoms with Gasteiger partial charge in [0, 0.05) is 25.2 Å². The molecule has 1 heterocycles. The SMILES string of the molecule is Cc1cccc(C(C)C)c1NC(=O)C1CC(=O)N(CCCc2ccccc2)C1. The van der Waals surface area contributed by atoms with Crippen LogP contribution in [0.2, 0.25) is 0 Å². The van der Waals surface area contributed by atoms with Gasteiger partial charge >= 0.3 is 0 Å². The van der Waals surface area contributed by atoms with Gasteiger partial charge in [0.1, 0.15) is 0 Å². The zero-order valence-corrected chi connectivity index (χ0v) is 17.1. The number of anilines is 1. The first kappa shape index (κ1) is 20.1. The lowest BCUT2D eigenvalue weighted by Crippen LogP contribution is -2.29. The number of hydrogen-bond acceptors (Lipinski definition) is 2. The Labute approximate surface area is 167 Å². The molecule has 1 saturated heterocycles. The van der Waals surface area contributed by atoms with Crippen LogP contribution in [0.1, 0.15) is 49.3 Å². The van der Waals surface area contributed by atoms with Crippen LogP contribution < -0.4 is 5.32 Å². The molecule has 1 aliphatic rings. The highest BCUT2D eigenvalue weighted by Gasteiger charge is 2.34. The van der Waals surface area contributed by atoms with Crippen molar-refractivity contribution in [1.29, 1.82) is 0 Å². The summed E-state index contributed by atoms with van der Waals surface area (Å²) in [6, 6.07) is 16.4. The highest BCUT2D eigenvalue weighted by Crippen LogP contribution is 2.29. The molecule has 3 rings (SSSR count). The summed E-state index contributed by atoms with van der Waals surface area (Å²) in [7, 11) is 0. The molecule has 4 nitrogen and oxygen atoms in total. The van der Waals surface area contributed by atoms with Crippen molar-refractivity contribution in [1.82, 2.24) is 4.90 Å². The summed E-state index contributed by atoms with van der Waals surface area (Å²) in [5.74, 6) is 0.0935. The predicted molar refractivity (Wildman–Crippen MR) is 113 cm³/mol. The molecule has 0 aliphatic carbocycles. The molecule has 0 saturated carbocycles. The standard InChI is InChI=1S/C24H30N2O2/c1-17(2)21-13-7-9-18(3)23(21)25-24(28)20-15-22(27)26(16-20)14-8-12-19-10-5-4-6-11-19/h4-7,9-11,13,17,20H,8,12,14-16H2,1-3H3,(H,25,28). The molecule has 0 aromatic heterocycles. The van der Waals surface area contributed by atoms with Crippen molar-refractivity contribution in [3.8, 4) is 0 Å². The summed E-state index contributed by atoms with van der Waals surface area (Å²) in [5, 5.41) is 3.11. The van der Waals surface area contributed by atoms with Gasteiger partial charge < -0.3 is 10.2 Å². The largest absolute Gasteiger partial charge is 0.342 e. The monoisotopic (exact) mass is 378 g/mol. The summed E-state index contributed by atoms with van der Waals surface area (Å²) in [4.78, 5) is 27.1. The van der Waals surface area contributed by atoms with Crippen molar-refractivity contribution in [2.45, 2.75) is 46.0 Å². The van der Waals surface area contributed by atoms with E-state index in [1.165, 1.54) is 5.56 Å². The second-order valence-electron chi connectivity index (χ2n) is 8.01. The fraction of sp³-hybridized carbons (Fsp3) is 0.417. The van der Waals surface area contributed by atoms with E-state index in [0.29, 0.717) is 25.4 Å². The Bertz CT molecular complexity index is 830. The maximum absolute atomic E-state index is 12.8. The van der Waals surface area contributed by atoms with Gasteiger partial charge in [0.15, 0.2) is 0 Å². The van der Waals surface area contributed by atoms with E-state index >= 15 is 0 Å². The van der Waals surface area contributed by atoms with Gasteiger partial charge in [0.25, 0.3) is 0 Å². The van der Waals surface area contributed by atoms with Gasteiger partial charge in [-0.25, -0.2) is 0 Å². The number of benzene rings is 2. The van der Waals surface area contributed by atoms with E-state index in [-0.39, 0.29) is 17.7 Å². The highest BCUT2D eigenvalue weighted by molar-refractivity contribution is 5.98. The Morgan fingerprint density at radius 2 is 1.89 bits per heavy atom. The zero-order chi connectivity index (χ0) is 20.1. The normalized spacial score (nSPS) is 16.6. The van der Waals surface area contributed by atoms with Gasteiger partial charge in [-0.2, -0.15) is 0 Å². The van der Waals surface area contributed by atoms with Gasteiger partial charge in [-0.1, -0.05) is 62.4 Å². The summed E-state index contributed by atoms with van der Waals surface area (Å²) >= 11 is 0. The number of carbonyl (C=O) groups excluding carboxylic acids is 2. The average molecular weight is 379 g/mol. The van der Waals surface area contributed by atoms with E-state index in [9.17, 15) is 9.59 Å². The topological polar surface area (TPSA) is 49.4 Å². The van der Waals surface area contributed by atoms with Gasteiger partial charge in [-0.05, 0) is 42.4 Å². The predicted octanol–water partition coefficient (Wildman–Crippen LogP) is 4.54. The number of nitrogens with zero attached hydrogens (tertiary/aromatic N) is 1. The number of nitrogens with one attached hydrogen (secondary N) is 1. The minimum atomic E-state index is -0.274. The van der Waals surface area contributed by atoms with Crippen molar-refractivity contribution in [2.24, 2.45) is 5.92 Å². The smallest absolute Gasteiger partial charge is 0.229 e. The summed E-state index contributed by atoms with van der Waals surface area (Å²) in [5.41, 5.74) is 4.38. The maximum Gasteiger partial charge on any atom is 0.229 e. The van der Waals surface area contributed by atoms with Gasteiger partial charge in [-0.15, -0.1) is 0 Å². The molecular weight excluding hydrogens is 348 g/mol. The van der Waals surface area contributed by atoms with E-state index in [2.05, 4.69) is 37.4 Å². The van der Waals surface area contributed by atoms with Crippen LogP contribution in [-0.4, -0.2) is 29.8 Å². The van der Waals surface area contributed by atoms with Crippen molar-refractivity contribution < 1.29 is 9.59 Å². The molecule has 2 aromatic carbocycles. The lowest BCUT2D eigenvalue weighted by molar-refractivity contribution is -0.128. The third-order valence-electron chi connectivity index (χ3n) is 5.50. The van der Waals surface area contributed by atoms with Crippen molar-refractivity contribution >= 4 is 17.5 Å². The van der Waals surface area contributed by atoms with Crippen LogP contribution in [0.25, 0.3) is 0 Å². The van der Waals surface area contributed by atoms with Gasteiger partial charge in [0.05, 0.1) is 5.92 Å². The fourth-order valence-corrected chi connectivity index (χ4v) is 3.85. The molecule has 1 unspecified atom stereocenters. The number of carbonyl (C=O) groups is 2. The molecule has 4 heteroatoms. The molecule has 0 bridgehead atoms. The average Bonchev–Trinajstić information content (AvgIpc) is 3.05. The number of rotatable bonds is 7. The molecule has 2 aromatic rings.